The van der Waals surface area contributed by atoms with Gasteiger partial charge in [0.05, 0.1) is 17.5 Å². The van der Waals surface area contributed by atoms with Crippen molar-refractivity contribution in [1.82, 2.24) is 5.32 Å². The molecule has 2 atom stereocenters. The van der Waals surface area contributed by atoms with E-state index >= 15 is 0 Å². The van der Waals surface area contributed by atoms with Crippen LogP contribution in [0.3, 0.4) is 0 Å². The van der Waals surface area contributed by atoms with Crippen LogP contribution in [-0.4, -0.2) is 56.0 Å². The van der Waals surface area contributed by atoms with Crippen LogP contribution in [0.2, 0.25) is 0 Å². The highest BCUT2D eigenvalue weighted by Crippen LogP contribution is 2.28. The zero-order valence-electron chi connectivity index (χ0n) is 17.9. The van der Waals surface area contributed by atoms with Gasteiger partial charge in [0.25, 0.3) is 5.91 Å². The third kappa shape index (κ3) is 10.8. The van der Waals surface area contributed by atoms with E-state index in [1.807, 2.05) is 0 Å². The number of carboxylic acid groups (broad SMARTS) is 1. The SMILES string of the molecule is CS(=O)(=O)c1ccc([C@@H](CCCCCCCCOC(=O)O)[C@@H](CF)NC(=O)C(Cl)Cl)cc1. The third-order valence-corrected chi connectivity index (χ3v) is 6.57. The molecule has 0 heterocycles. The fraction of sp³-hybridized carbons (Fsp3) is 0.619. The van der Waals surface area contributed by atoms with Gasteiger partial charge in [-0.05, 0) is 30.5 Å². The minimum Gasteiger partial charge on any atom is -0.450 e. The molecule has 2 N–H and O–H groups in total. The Morgan fingerprint density at radius 3 is 2.12 bits per heavy atom. The highest BCUT2D eigenvalue weighted by atomic mass is 35.5. The van der Waals surface area contributed by atoms with Crippen molar-refractivity contribution in [2.75, 3.05) is 19.5 Å². The summed E-state index contributed by atoms with van der Waals surface area (Å²) in [6, 6.07) is 5.37. The molecule has 0 fully saturated rings. The Morgan fingerprint density at radius 1 is 1.06 bits per heavy atom. The molecule has 11 heteroatoms. The molecule has 0 aromatic heterocycles. The van der Waals surface area contributed by atoms with Gasteiger partial charge >= 0.3 is 6.16 Å². The maximum atomic E-state index is 13.8. The molecule has 0 aliphatic carbocycles. The summed E-state index contributed by atoms with van der Waals surface area (Å²) in [6.45, 7) is -0.644. The number of alkyl halides is 3. The van der Waals surface area contributed by atoms with Crippen molar-refractivity contribution in [3.05, 3.63) is 29.8 Å². The van der Waals surface area contributed by atoms with Gasteiger partial charge < -0.3 is 15.2 Å². The normalized spacial score (nSPS) is 13.5. The second-order valence-corrected chi connectivity index (χ2v) is 10.7. The maximum absolute atomic E-state index is 13.8. The Hall–Kier alpha value is -1.58. The maximum Gasteiger partial charge on any atom is 0.505 e. The summed E-state index contributed by atoms with van der Waals surface area (Å²) in [5.41, 5.74) is 0.715. The smallest absolute Gasteiger partial charge is 0.450 e. The van der Waals surface area contributed by atoms with Gasteiger partial charge in [-0.15, -0.1) is 0 Å². The number of sulfone groups is 1. The van der Waals surface area contributed by atoms with Crippen molar-refractivity contribution >= 4 is 45.1 Å². The predicted octanol–water partition coefficient (Wildman–Crippen LogP) is 4.86. The molecule has 0 unspecified atom stereocenters. The second-order valence-electron chi connectivity index (χ2n) is 7.54. The molecule has 1 aromatic carbocycles. The number of hydrogen-bond donors (Lipinski definition) is 2. The average Bonchev–Trinajstić information content (AvgIpc) is 2.73. The van der Waals surface area contributed by atoms with E-state index in [0.717, 1.165) is 38.4 Å². The van der Waals surface area contributed by atoms with Crippen LogP contribution in [0.25, 0.3) is 0 Å². The summed E-state index contributed by atoms with van der Waals surface area (Å²) in [6.07, 6.45) is 5.40. The van der Waals surface area contributed by atoms with Gasteiger partial charge in [0.2, 0.25) is 0 Å². The van der Waals surface area contributed by atoms with Crippen LogP contribution in [0, 0.1) is 0 Å². The molecule has 1 aromatic rings. The number of halogens is 3. The number of ether oxygens (including phenoxy) is 1. The van der Waals surface area contributed by atoms with Crippen molar-refractivity contribution < 1.29 is 32.2 Å². The van der Waals surface area contributed by atoms with Crippen LogP contribution < -0.4 is 5.32 Å². The van der Waals surface area contributed by atoms with E-state index < -0.39 is 39.5 Å². The van der Waals surface area contributed by atoms with Crippen LogP contribution in [0.4, 0.5) is 9.18 Å². The first-order chi connectivity index (χ1) is 15.1. The van der Waals surface area contributed by atoms with Gasteiger partial charge in [-0.3, -0.25) is 4.79 Å². The molecule has 0 saturated heterocycles. The number of amides is 1. The van der Waals surface area contributed by atoms with Crippen LogP contribution in [0.1, 0.15) is 56.4 Å². The summed E-state index contributed by atoms with van der Waals surface area (Å²) < 4.78 is 41.7. The number of unbranched alkanes of at least 4 members (excludes halogenated alkanes) is 5. The first-order valence-electron chi connectivity index (χ1n) is 10.4. The highest BCUT2D eigenvalue weighted by Gasteiger charge is 2.27. The molecule has 0 radical (unpaired) electrons. The zero-order chi connectivity index (χ0) is 24.1. The van der Waals surface area contributed by atoms with Gasteiger partial charge in [0.15, 0.2) is 14.7 Å². The van der Waals surface area contributed by atoms with Crippen LogP contribution in [0.15, 0.2) is 29.2 Å². The largest absolute Gasteiger partial charge is 0.505 e. The van der Waals surface area contributed by atoms with Crippen molar-refractivity contribution in [3.8, 4) is 0 Å². The Bertz CT molecular complexity index is 820. The number of rotatable bonds is 15. The molecule has 182 valence electrons. The number of nitrogens with one attached hydrogen (secondary N) is 1. The molecule has 0 spiro atoms. The summed E-state index contributed by atoms with van der Waals surface area (Å²) in [5.74, 6) is -1.06. The van der Waals surface area contributed by atoms with E-state index in [2.05, 4.69) is 10.1 Å². The minimum absolute atomic E-state index is 0.161. The van der Waals surface area contributed by atoms with E-state index in [-0.39, 0.29) is 17.4 Å². The van der Waals surface area contributed by atoms with E-state index in [9.17, 15) is 22.4 Å². The topological polar surface area (TPSA) is 110 Å². The number of benzene rings is 1. The van der Waals surface area contributed by atoms with Gasteiger partial charge in [-0.1, -0.05) is 67.4 Å². The molecular formula is C21H30Cl2FNO6S. The Balaban J connectivity index is 2.72. The molecule has 1 amide bonds. The quantitative estimate of drug-likeness (QED) is 0.197. The molecule has 7 nitrogen and oxygen atoms in total. The Morgan fingerprint density at radius 2 is 1.62 bits per heavy atom. The van der Waals surface area contributed by atoms with E-state index in [0.29, 0.717) is 18.4 Å². The lowest BCUT2D eigenvalue weighted by atomic mass is 9.87. The standard InChI is InChI=1S/C21H30Cl2FNO6S/c1-32(29,30)16-11-9-15(10-12-16)17(18(14-24)25-20(26)19(22)23)8-6-4-2-3-5-7-13-31-21(27)28/h9-12,17-19H,2-8,13-14H2,1H3,(H,25,26)(H,27,28)/t17-,18-/m1/s1. The van der Waals surface area contributed by atoms with Crippen molar-refractivity contribution in [2.24, 2.45) is 0 Å². The average molecular weight is 514 g/mol. The number of carbonyl (C=O) groups excluding carboxylic acids is 1. The van der Waals surface area contributed by atoms with E-state index in [1.165, 1.54) is 12.1 Å². The van der Waals surface area contributed by atoms with Crippen molar-refractivity contribution in [3.63, 3.8) is 0 Å². The molecule has 0 bridgehead atoms. The zero-order valence-corrected chi connectivity index (χ0v) is 20.3. The lowest BCUT2D eigenvalue weighted by Crippen LogP contribution is -2.43. The summed E-state index contributed by atoms with van der Waals surface area (Å²) in [7, 11) is -3.36. The van der Waals surface area contributed by atoms with Gasteiger partial charge in [0, 0.05) is 12.2 Å². The molecule has 32 heavy (non-hydrogen) atoms. The highest BCUT2D eigenvalue weighted by molar-refractivity contribution is 7.90. The van der Waals surface area contributed by atoms with Crippen molar-refractivity contribution in [1.29, 1.82) is 0 Å². The molecular weight excluding hydrogens is 484 g/mol. The van der Waals surface area contributed by atoms with Crippen molar-refractivity contribution in [2.45, 2.75) is 66.6 Å². The van der Waals surface area contributed by atoms with E-state index in [4.69, 9.17) is 28.3 Å². The van der Waals surface area contributed by atoms with Gasteiger partial charge in [-0.25, -0.2) is 17.6 Å². The molecule has 1 rings (SSSR count). The number of carbonyl (C=O) groups is 2. The summed E-state index contributed by atoms with van der Waals surface area (Å²) in [5, 5.41) is 11.0. The van der Waals surface area contributed by atoms with Crippen LogP contribution in [-0.2, 0) is 19.4 Å². The van der Waals surface area contributed by atoms with Gasteiger partial charge in [-0.2, -0.15) is 0 Å². The summed E-state index contributed by atoms with van der Waals surface area (Å²) in [4.78, 5) is 21.0. The summed E-state index contributed by atoms with van der Waals surface area (Å²) >= 11 is 11.2. The fourth-order valence-corrected chi connectivity index (χ4v) is 4.14. The van der Waals surface area contributed by atoms with E-state index in [1.54, 1.807) is 12.1 Å². The molecule has 0 aliphatic rings. The predicted molar refractivity (Wildman–Crippen MR) is 122 cm³/mol. The molecule has 0 saturated carbocycles. The monoisotopic (exact) mass is 513 g/mol. The first kappa shape index (κ1) is 28.5. The second kappa shape index (κ2) is 14.5. The fourth-order valence-electron chi connectivity index (χ4n) is 3.39. The minimum atomic E-state index is -3.36. The number of hydrogen-bond acceptors (Lipinski definition) is 5. The Labute approximate surface area is 198 Å². The van der Waals surface area contributed by atoms with Crippen LogP contribution in [0.5, 0.6) is 0 Å². The van der Waals surface area contributed by atoms with Gasteiger partial charge in [0.1, 0.15) is 6.67 Å². The lowest BCUT2D eigenvalue weighted by Gasteiger charge is -2.27. The third-order valence-electron chi connectivity index (χ3n) is 5.05. The Kier molecular flexibility index (Phi) is 12.9. The lowest BCUT2D eigenvalue weighted by molar-refractivity contribution is -0.120. The molecule has 0 aliphatic heterocycles. The van der Waals surface area contributed by atoms with Crippen LogP contribution >= 0.6 is 23.2 Å². The first-order valence-corrected chi connectivity index (χ1v) is 13.1.